The predicted octanol–water partition coefficient (Wildman–Crippen LogP) is 17.5. The Bertz CT molecular complexity index is 2620. The first-order chi connectivity index (χ1) is 29.7. The van der Waals surface area contributed by atoms with Crippen LogP contribution in [0.1, 0.15) is 62.5 Å². The third-order valence-corrected chi connectivity index (χ3v) is 12.9. The van der Waals surface area contributed by atoms with Gasteiger partial charge in [-0.25, -0.2) is 0 Å². The highest BCUT2D eigenvalue weighted by Gasteiger charge is 2.19. The second kappa shape index (κ2) is 20.9. The van der Waals surface area contributed by atoms with E-state index in [0.29, 0.717) is 0 Å². The second-order valence-corrected chi connectivity index (χ2v) is 17.4. The van der Waals surface area contributed by atoms with E-state index in [4.69, 9.17) is 0 Å². The Labute approximate surface area is 373 Å². The molecule has 8 rings (SSSR count). The van der Waals surface area contributed by atoms with Crippen molar-refractivity contribution in [2.24, 2.45) is 0 Å². The lowest BCUT2D eigenvalue weighted by Crippen LogP contribution is -2.00. The summed E-state index contributed by atoms with van der Waals surface area (Å²) in [6.45, 7) is 0. The molecule has 4 heteroatoms. The van der Waals surface area contributed by atoms with Crippen molar-refractivity contribution < 1.29 is 0 Å². The molecule has 0 aliphatic heterocycles. The molecule has 0 aliphatic carbocycles. The highest BCUT2D eigenvalue weighted by Crippen LogP contribution is 2.46. The van der Waals surface area contributed by atoms with Gasteiger partial charge < -0.3 is 10.6 Å². The Morgan fingerprint density at radius 3 is 1.30 bits per heavy atom. The molecule has 8 aromatic carbocycles. The Morgan fingerprint density at radius 1 is 0.317 bits per heavy atom. The molecule has 60 heavy (non-hydrogen) atoms. The minimum absolute atomic E-state index is 1.07. The van der Waals surface area contributed by atoms with E-state index in [1.165, 1.54) is 117 Å². The van der Waals surface area contributed by atoms with Crippen LogP contribution in [-0.2, 0) is 12.8 Å². The largest absolute Gasteiger partial charge is 0.355 e. The maximum atomic E-state index is 3.97. The van der Waals surface area contributed by atoms with Crippen molar-refractivity contribution in [3.63, 3.8) is 0 Å². The molecule has 0 saturated heterocycles. The van der Waals surface area contributed by atoms with Crippen LogP contribution in [0.3, 0.4) is 0 Å². The van der Waals surface area contributed by atoms with Gasteiger partial charge in [-0.1, -0.05) is 197 Å². The second-order valence-electron chi connectivity index (χ2n) is 15.8. The summed E-state index contributed by atoms with van der Waals surface area (Å²) in [5.41, 5.74) is 14.4. The third kappa shape index (κ3) is 9.89. The number of anilines is 4. The van der Waals surface area contributed by atoms with Crippen molar-refractivity contribution in [1.29, 1.82) is 0 Å². The lowest BCUT2D eigenvalue weighted by Gasteiger charge is -2.22. The molecule has 0 radical (unpaired) electrons. The maximum absolute atomic E-state index is 3.97. The van der Waals surface area contributed by atoms with E-state index < -0.39 is 0 Å². The molecule has 302 valence electrons. The summed E-state index contributed by atoms with van der Waals surface area (Å²) in [6.07, 6.45) is 12.2. The zero-order valence-corrected chi connectivity index (χ0v) is 37.6. The molecule has 2 nitrogen and oxygen atoms in total. The number of rotatable bonds is 19. The predicted molar refractivity (Wildman–Crippen MR) is 269 cm³/mol. The molecule has 0 fully saturated rings. The summed E-state index contributed by atoms with van der Waals surface area (Å²) in [5.74, 6) is 0. The van der Waals surface area contributed by atoms with Crippen LogP contribution in [0.4, 0.5) is 22.7 Å². The molecular weight excluding hydrogens is 860 g/mol. The van der Waals surface area contributed by atoms with E-state index in [1.54, 1.807) is 0 Å². The monoisotopic (exact) mass is 912 g/mol. The van der Waals surface area contributed by atoms with Gasteiger partial charge in [-0.3, -0.25) is 0 Å². The van der Waals surface area contributed by atoms with Gasteiger partial charge in [-0.15, -0.1) is 0 Å². The molecule has 0 heterocycles. The molecular formula is C56H54Br2N2. The highest BCUT2D eigenvalue weighted by molar-refractivity contribution is 9.09. The van der Waals surface area contributed by atoms with Crippen LogP contribution in [0.5, 0.6) is 0 Å². The number of hydrogen-bond donors (Lipinski definition) is 2. The van der Waals surface area contributed by atoms with Crippen LogP contribution in [0.25, 0.3) is 54.9 Å². The summed E-state index contributed by atoms with van der Waals surface area (Å²) in [7, 11) is 0. The van der Waals surface area contributed by atoms with Crippen LogP contribution in [-0.4, -0.2) is 10.7 Å². The molecule has 0 bridgehead atoms. The van der Waals surface area contributed by atoms with Crippen molar-refractivity contribution in [3.8, 4) is 33.4 Å². The first-order valence-corrected chi connectivity index (χ1v) is 24.0. The Kier molecular flexibility index (Phi) is 14.5. The van der Waals surface area contributed by atoms with Gasteiger partial charge in [0.25, 0.3) is 0 Å². The number of fused-ring (bicyclic) bond motifs is 2. The number of halogens is 2. The Balaban J connectivity index is 1.14. The lowest BCUT2D eigenvalue weighted by molar-refractivity contribution is 0.673. The van der Waals surface area contributed by atoms with Crippen LogP contribution >= 0.6 is 31.9 Å². The number of aryl methyl sites for hydroxylation is 2. The van der Waals surface area contributed by atoms with Crippen LogP contribution < -0.4 is 10.6 Å². The van der Waals surface area contributed by atoms with E-state index >= 15 is 0 Å². The van der Waals surface area contributed by atoms with Crippen molar-refractivity contribution in [2.45, 2.75) is 64.2 Å². The smallest absolute Gasteiger partial charge is 0.0470 e. The molecule has 0 unspecified atom stereocenters. The zero-order valence-electron chi connectivity index (χ0n) is 34.4. The number of alkyl halides is 2. The van der Waals surface area contributed by atoms with Gasteiger partial charge in [0, 0.05) is 49.7 Å². The van der Waals surface area contributed by atoms with Gasteiger partial charge >= 0.3 is 0 Å². The summed E-state index contributed by atoms with van der Waals surface area (Å²) >= 11 is 7.16. The van der Waals surface area contributed by atoms with Crippen molar-refractivity contribution in [1.82, 2.24) is 0 Å². The zero-order chi connectivity index (χ0) is 40.9. The first kappa shape index (κ1) is 41.6. The van der Waals surface area contributed by atoms with Crippen LogP contribution in [0.15, 0.2) is 170 Å². The van der Waals surface area contributed by atoms with Crippen molar-refractivity contribution in [2.75, 3.05) is 21.3 Å². The fourth-order valence-corrected chi connectivity index (χ4v) is 9.49. The van der Waals surface area contributed by atoms with Crippen LogP contribution in [0.2, 0.25) is 0 Å². The van der Waals surface area contributed by atoms with Gasteiger partial charge in [0.1, 0.15) is 0 Å². The van der Waals surface area contributed by atoms with E-state index in [2.05, 4.69) is 212 Å². The number of benzene rings is 8. The van der Waals surface area contributed by atoms with E-state index in [9.17, 15) is 0 Å². The van der Waals surface area contributed by atoms with Gasteiger partial charge in [0.15, 0.2) is 0 Å². The van der Waals surface area contributed by atoms with Crippen molar-refractivity contribution >= 4 is 76.2 Å². The van der Waals surface area contributed by atoms with Crippen molar-refractivity contribution in [3.05, 3.63) is 181 Å². The summed E-state index contributed by atoms with van der Waals surface area (Å²) < 4.78 is 0. The Hall–Kier alpha value is -5.16. The Morgan fingerprint density at radius 2 is 0.767 bits per heavy atom. The number of nitrogens with one attached hydrogen (secondary N) is 2. The molecule has 0 amide bonds. The molecule has 0 aromatic heterocycles. The van der Waals surface area contributed by atoms with E-state index in [1.807, 2.05) is 0 Å². The van der Waals surface area contributed by atoms with Gasteiger partial charge in [-0.05, 0) is 119 Å². The minimum atomic E-state index is 1.07. The topological polar surface area (TPSA) is 24.1 Å². The van der Waals surface area contributed by atoms with Gasteiger partial charge in [0.2, 0.25) is 0 Å². The van der Waals surface area contributed by atoms with Crippen LogP contribution in [0, 0.1) is 0 Å². The molecule has 2 N–H and O–H groups in total. The fourth-order valence-electron chi connectivity index (χ4n) is 8.69. The molecule has 0 saturated carbocycles. The molecule has 0 spiro atoms. The van der Waals surface area contributed by atoms with E-state index in [0.717, 1.165) is 46.3 Å². The molecule has 0 atom stereocenters. The molecule has 0 aliphatic rings. The average molecular weight is 915 g/mol. The average Bonchev–Trinajstić information content (AvgIpc) is 3.30. The SMILES string of the molecule is BrCCCCCCc1ccc(Nc2ccc(-c3ccc(Nc4ccc(CCCCCCBr)c5ccccc45)c(-c4ccccc4)c3-c3ccccc3)cc2)c2ccccc12. The standard InChI is InChI=1S/C56H54Br2N2/c57-39-17-3-1-7-19-41-31-36-52(50-27-15-13-25-47(41)50)59-46-33-29-43(30-34-46)49-35-38-54(56(45-23-11-6-12-24-45)55(49)44-21-9-5-10-22-44)60-53-37-32-42(20-8-2-4-18-40-58)48-26-14-16-28-51(48)53/h5-6,9-16,21-38,59-60H,1-4,7-8,17-20,39-40H2. The highest BCUT2D eigenvalue weighted by atomic mass is 79.9. The summed E-state index contributed by atoms with van der Waals surface area (Å²) in [4.78, 5) is 0. The van der Waals surface area contributed by atoms with Gasteiger partial charge in [-0.2, -0.15) is 0 Å². The summed E-state index contributed by atoms with van der Waals surface area (Å²) in [5, 5.41) is 15.1. The number of hydrogen-bond acceptors (Lipinski definition) is 2. The minimum Gasteiger partial charge on any atom is -0.355 e. The lowest BCUT2D eigenvalue weighted by atomic mass is 9.86. The number of unbranched alkanes of at least 4 members (excludes halogenated alkanes) is 6. The normalized spacial score (nSPS) is 11.3. The molecule has 8 aromatic rings. The fraction of sp³-hybridized carbons (Fsp3) is 0.214. The summed E-state index contributed by atoms with van der Waals surface area (Å²) in [6, 6.07) is 62.2. The van der Waals surface area contributed by atoms with Gasteiger partial charge in [0.05, 0.1) is 0 Å². The van der Waals surface area contributed by atoms with E-state index in [-0.39, 0.29) is 0 Å². The first-order valence-electron chi connectivity index (χ1n) is 21.8. The maximum Gasteiger partial charge on any atom is 0.0470 e. The quantitative estimate of drug-likeness (QED) is 0.0624. The third-order valence-electron chi connectivity index (χ3n) is 11.8.